The number of nitro benzene ring substituents is 1. The van der Waals surface area contributed by atoms with Gasteiger partial charge in [0, 0.05) is 28.1 Å². The first-order chi connectivity index (χ1) is 13.0. The number of carbonyl (C=O) groups excluding carboxylic acids is 1. The van der Waals surface area contributed by atoms with E-state index in [0.29, 0.717) is 23.0 Å². The molecule has 1 aromatic heterocycles. The maximum atomic E-state index is 12.4. The Labute approximate surface area is 159 Å². The lowest BCUT2D eigenvalue weighted by molar-refractivity contribution is -0.385. The number of nitrogens with one attached hydrogen (secondary N) is 1. The van der Waals surface area contributed by atoms with Crippen LogP contribution in [0.4, 0.5) is 10.8 Å². The lowest BCUT2D eigenvalue weighted by Crippen LogP contribution is -2.12. The first kappa shape index (κ1) is 18.5. The highest BCUT2D eigenvalue weighted by Gasteiger charge is 2.17. The Morgan fingerprint density at radius 1 is 1.30 bits per heavy atom. The average molecular weight is 383 g/mol. The molecule has 1 heterocycles. The first-order valence-electron chi connectivity index (χ1n) is 8.23. The highest BCUT2D eigenvalue weighted by Crippen LogP contribution is 2.32. The van der Waals surface area contributed by atoms with Gasteiger partial charge < -0.3 is 4.74 Å². The Balaban J connectivity index is 1.81. The van der Waals surface area contributed by atoms with E-state index in [4.69, 9.17) is 4.74 Å². The number of rotatable bonds is 6. The molecule has 0 aliphatic heterocycles. The number of para-hydroxylation sites is 1. The lowest BCUT2D eigenvalue weighted by atomic mass is 10.1. The number of nitrogens with zero attached hydrogens (tertiary/aromatic N) is 2. The maximum Gasteiger partial charge on any atom is 0.273 e. The zero-order valence-electron chi connectivity index (χ0n) is 14.8. The van der Waals surface area contributed by atoms with Crippen LogP contribution in [0.2, 0.25) is 0 Å². The van der Waals surface area contributed by atoms with Crippen molar-refractivity contribution in [3.63, 3.8) is 0 Å². The van der Waals surface area contributed by atoms with Crippen LogP contribution in [0.3, 0.4) is 0 Å². The number of aromatic nitrogens is 1. The molecule has 0 fully saturated rings. The summed E-state index contributed by atoms with van der Waals surface area (Å²) < 4.78 is 5.61. The van der Waals surface area contributed by atoms with Crippen molar-refractivity contribution in [1.29, 1.82) is 0 Å². The average Bonchev–Trinajstić information content (AvgIpc) is 3.10. The largest absolute Gasteiger partial charge is 0.493 e. The van der Waals surface area contributed by atoms with Crippen LogP contribution in [0, 0.1) is 17.0 Å². The molecule has 0 aliphatic carbocycles. The van der Waals surface area contributed by atoms with Crippen LogP contribution >= 0.6 is 11.3 Å². The fourth-order valence-corrected chi connectivity index (χ4v) is 3.24. The van der Waals surface area contributed by atoms with Crippen molar-refractivity contribution in [3.8, 4) is 17.0 Å². The SMILES string of the molecule is CCOc1ccccc1-c1csc(NC(=O)c2ccc(C)c([N+](=O)[O-])c2)n1. The predicted octanol–water partition coefficient (Wildman–Crippen LogP) is 4.68. The van der Waals surface area contributed by atoms with Crippen molar-refractivity contribution in [2.45, 2.75) is 13.8 Å². The summed E-state index contributed by atoms with van der Waals surface area (Å²) in [6.45, 7) is 4.07. The fraction of sp³-hybridized carbons (Fsp3) is 0.158. The summed E-state index contributed by atoms with van der Waals surface area (Å²) in [6, 6.07) is 11.9. The smallest absolute Gasteiger partial charge is 0.273 e. The van der Waals surface area contributed by atoms with Gasteiger partial charge in [-0.2, -0.15) is 0 Å². The Morgan fingerprint density at radius 2 is 2.07 bits per heavy atom. The van der Waals surface area contributed by atoms with Crippen LogP contribution < -0.4 is 10.1 Å². The molecule has 3 rings (SSSR count). The van der Waals surface area contributed by atoms with Gasteiger partial charge in [-0.1, -0.05) is 18.2 Å². The summed E-state index contributed by atoms with van der Waals surface area (Å²) in [7, 11) is 0. The van der Waals surface area contributed by atoms with Crippen molar-refractivity contribution < 1.29 is 14.5 Å². The third-order valence-electron chi connectivity index (χ3n) is 3.86. The molecule has 0 saturated heterocycles. The zero-order chi connectivity index (χ0) is 19.4. The highest BCUT2D eigenvalue weighted by molar-refractivity contribution is 7.14. The normalized spacial score (nSPS) is 10.4. The first-order valence-corrected chi connectivity index (χ1v) is 9.11. The van der Waals surface area contributed by atoms with Gasteiger partial charge in [0.15, 0.2) is 5.13 Å². The molecule has 8 heteroatoms. The molecule has 138 valence electrons. The van der Waals surface area contributed by atoms with Gasteiger partial charge >= 0.3 is 0 Å². The quantitative estimate of drug-likeness (QED) is 0.493. The van der Waals surface area contributed by atoms with E-state index in [0.717, 1.165) is 11.3 Å². The van der Waals surface area contributed by atoms with Crippen molar-refractivity contribution in [1.82, 2.24) is 4.98 Å². The van der Waals surface area contributed by atoms with Crippen molar-refractivity contribution in [2.75, 3.05) is 11.9 Å². The molecule has 0 unspecified atom stereocenters. The molecular formula is C19H17N3O4S. The summed E-state index contributed by atoms with van der Waals surface area (Å²) in [5, 5.41) is 16.0. The topological polar surface area (TPSA) is 94.4 Å². The number of hydrogen-bond acceptors (Lipinski definition) is 6. The predicted molar refractivity (Wildman–Crippen MR) is 105 cm³/mol. The van der Waals surface area contributed by atoms with E-state index in [9.17, 15) is 14.9 Å². The fourth-order valence-electron chi connectivity index (χ4n) is 2.53. The van der Waals surface area contributed by atoms with Gasteiger partial charge in [0.25, 0.3) is 11.6 Å². The van der Waals surface area contributed by atoms with Gasteiger partial charge in [0.05, 0.1) is 17.2 Å². The third kappa shape index (κ3) is 4.12. The number of benzene rings is 2. The van der Waals surface area contributed by atoms with E-state index in [1.165, 1.54) is 17.4 Å². The minimum Gasteiger partial charge on any atom is -0.493 e. The van der Waals surface area contributed by atoms with Gasteiger partial charge in [-0.05, 0) is 32.0 Å². The second-order valence-electron chi connectivity index (χ2n) is 5.68. The number of nitro groups is 1. The Morgan fingerprint density at radius 3 is 2.81 bits per heavy atom. The molecule has 0 aliphatic rings. The highest BCUT2D eigenvalue weighted by atomic mass is 32.1. The summed E-state index contributed by atoms with van der Waals surface area (Å²) in [5.41, 5.74) is 2.14. The van der Waals surface area contributed by atoms with Crippen LogP contribution in [0.5, 0.6) is 5.75 Å². The van der Waals surface area contributed by atoms with Gasteiger partial charge in [-0.3, -0.25) is 20.2 Å². The molecule has 0 radical (unpaired) electrons. The maximum absolute atomic E-state index is 12.4. The van der Waals surface area contributed by atoms with Crippen LogP contribution in [-0.4, -0.2) is 22.4 Å². The Hall–Kier alpha value is -3.26. The summed E-state index contributed by atoms with van der Waals surface area (Å²) in [5.74, 6) is 0.273. The minimum atomic E-state index is -0.502. The van der Waals surface area contributed by atoms with Gasteiger partial charge in [-0.25, -0.2) is 4.98 Å². The zero-order valence-corrected chi connectivity index (χ0v) is 15.6. The monoisotopic (exact) mass is 383 g/mol. The minimum absolute atomic E-state index is 0.0897. The second-order valence-corrected chi connectivity index (χ2v) is 6.54. The third-order valence-corrected chi connectivity index (χ3v) is 4.61. The van der Waals surface area contributed by atoms with Crippen LogP contribution in [-0.2, 0) is 0 Å². The number of anilines is 1. The summed E-state index contributed by atoms with van der Waals surface area (Å²) >= 11 is 1.28. The molecule has 0 saturated carbocycles. The van der Waals surface area contributed by atoms with E-state index >= 15 is 0 Å². The van der Waals surface area contributed by atoms with Gasteiger partial charge in [-0.15, -0.1) is 11.3 Å². The lowest BCUT2D eigenvalue weighted by Gasteiger charge is -2.07. The van der Waals surface area contributed by atoms with E-state index in [2.05, 4.69) is 10.3 Å². The Kier molecular flexibility index (Phi) is 5.46. The van der Waals surface area contributed by atoms with Crippen molar-refractivity contribution in [3.05, 3.63) is 69.1 Å². The van der Waals surface area contributed by atoms with Crippen LogP contribution in [0.1, 0.15) is 22.8 Å². The van der Waals surface area contributed by atoms with Gasteiger partial charge in [0.2, 0.25) is 0 Å². The summed E-state index contributed by atoms with van der Waals surface area (Å²) in [6.07, 6.45) is 0. The summed E-state index contributed by atoms with van der Waals surface area (Å²) in [4.78, 5) is 27.4. The molecule has 1 N–H and O–H groups in total. The molecular weight excluding hydrogens is 366 g/mol. The second kappa shape index (κ2) is 7.96. The molecule has 27 heavy (non-hydrogen) atoms. The van der Waals surface area contributed by atoms with Crippen LogP contribution in [0.15, 0.2) is 47.8 Å². The molecule has 1 amide bonds. The van der Waals surface area contributed by atoms with Crippen LogP contribution in [0.25, 0.3) is 11.3 Å². The molecule has 0 atom stereocenters. The molecule has 0 bridgehead atoms. The molecule has 2 aromatic carbocycles. The van der Waals surface area contributed by atoms with E-state index in [-0.39, 0.29) is 11.3 Å². The number of carbonyl (C=O) groups is 1. The number of amides is 1. The van der Waals surface area contributed by atoms with E-state index in [1.807, 2.05) is 36.6 Å². The van der Waals surface area contributed by atoms with Gasteiger partial charge in [0.1, 0.15) is 5.75 Å². The molecule has 7 nitrogen and oxygen atoms in total. The number of hydrogen-bond donors (Lipinski definition) is 1. The molecule has 3 aromatic rings. The standard InChI is InChI=1S/C19H17N3O4S/c1-3-26-17-7-5-4-6-14(17)15-11-27-19(20-15)21-18(23)13-9-8-12(2)16(10-13)22(24)25/h4-11H,3H2,1-2H3,(H,20,21,23). The Bertz CT molecular complexity index is 1000. The van der Waals surface area contributed by atoms with E-state index < -0.39 is 10.8 Å². The number of ether oxygens (including phenoxy) is 1. The van der Waals surface area contributed by atoms with Crippen molar-refractivity contribution >= 4 is 28.1 Å². The molecule has 0 spiro atoms. The number of thiazole rings is 1. The van der Waals surface area contributed by atoms with E-state index in [1.54, 1.807) is 19.1 Å². The number of aryl methyl sites for hydroxylation is 1. The van der Waals surface area contributed by atoms with Crippen molar-refractivity contribution in [2.24, 2.45) is 0 Å².